The summed E-state index contributed by atoms with van der Waals surface area (Å²) in [7, 11) is -3.97. The third kappa shape index (κ3) is 5.15. The zero-order valence-electron chi connectivity index (χ0n) is 16.9. The smallest absolute Gasteiger partial charge is 0.264 e. The molecule has 32 heavy (non-hydrogen) atoms. The zero-order valence-corrected chi connectivity index (χ0v) is 19.3. The molecule has 0 atom stereocenters. The molecule has 1 amide bonds. The van der Waals surface area contributed by atoms with Crippen molar-refractivity contribution in [2.24, 2.45) is 4.99 Å². The molecule has 9 heteroatoms. The van der Waals surface area contributed by atoms with Gasteiger partial charge in [0.25, 0.3) is 15.9 Å². The molecule has 0 aliphatic carbocycles. The second-order valence-electron chi connectivity index (χ2n) is 6.99. The van der Waals surface area contributed by atoms with E-state index < -0.39 is 15.9 Å². The summed E-state index contributed by atoms with van der Waals surface area (Å²) in [4.78, 5) is 16.8. The number of anilines is 1. The Balaban J connectivity index is 1.68. The van der Waals surface area contributed by atoms with Crippen molar-refractivity contribution in [1.29, 1.82) is 0 Å². The number of hydrogen-bond acceptors (Lipinski definition) is 5. The van der Waals surface area contributed by atoms with Crippen molar-refractivity contribution in [1.82, 2.24) is 5.32 Å². The maximum Gasteiger partial charge on any atom is 0.264 e. The average molecular weight is 486 g/mol. The van der Waals surface area contributed by atoms with Gasteiger partial charge in [0.05, 0.1) is 23.7 Å². The second kappa shape index (κ2) is 9.77. The normalized spacial score (nSPS) is 13.5. The summed E-state index contributed by atoms with van der Waals surface area (Å²) in [5.41, 5.74) is 1.55. The molecule has 4 rings (SSSR count). The molecule has 0 fully saturated rings. The number of benzene rings is 3. The number of nitrogens with one attached hydrogen (secondary N) is 1. The van der Waals surface area contributed by atoms with Crippen LogP contribution in [0.4, 0.5) is 5.69 Å². The Bertz CT molecular complexity index is 1250. The summed E-state index contributed by atoms with van der Waals surface area (Å²) in [6, 6.07) is 22.0. The maximum atomic E-state index is 13.7. The summed E-state index contributed by atoms with van der Waals surface area (Å²) in [6.45, 7) is 0.791. The Morgan fingerprint density at radius 2 is 1.78 bits per heavy atom. The molecule has 164 valence electrons. The first-order chi connectivity index (χ1) is 15.4. The number of hydrogen-bond donors (Lipinski definition) is 1. The van der Waals surface area contributed by atoms with E-state index in [1.165, 1.54) is 28.2 Å². The summed E-state index contributed by atoms with van der Waals surface area (Å²) < 4.78 is 28.7. The Hall–Kier alpha value is -2.81. The van der Waals surface area contributed by atoms with Gasteiger partial charge in [-0.05, 0) is 48.0 Å². The SMILES string of the molecule is O=C(NC1=NCCS1)c1cccc(S(=O)(=O)N(Cc2ccccc2)c2ccc(Cl)cc2)c1. The van der Waals surface area contributed by atoms with Crippen molar-refractivity contribution in [3.8, 4) is 0 Å². The van der Waals surface area contributed by atoms with Gasteiger partial charge in [-0.2, -0.15) is 0 Å². The number of nitrogens with zero attached hydrogens (tertiary/aromatic N) is 2. The van der Waals surface area contributed by atoms with E-state index in [9.17, 15) is 13.2 Å². The molecule has 1 N–H and O–H groups in total. The minimum atomic E-state index is -3.97. The van der Waals surface area contributed by atoms with Gasteiger partial charge in [-0.25, -0.2) is 8.42 Å². The van der Waals surface area contributed by atoms with Crippen LogP contribution in [0, 0.1) is 0 Å². The molecule has 0 unspecified atom stereocenters. The van der Waals surface area contributed by atoms with Gasteiger partial charge in [0.1, 0.15) is 0 Å². The highest BCUT2D eigenvalue weighted by molar-refractivity contribution is 8.14. The van der Waals surface area contributed by atoms with Crippen LogP contribution in [-0.2, 0) is 16.6 Å². The zero-order chi connectivity index (χ0) is 22.6. The van der Waals surface area contributed by atoms with Crippen molar-refractivity contribution in [3.05, 3.63) is 95.0 Å². The third-order valence-electron chi connectivity index (χ3n) is 4.77. The number of sulfonamides is 1. The van der Waals surface area contributed by atoms with E-state index in [2.05, 4.69) is 10.3 Å². The van der Waals surface area contributed by atoms with E-state index in [-0.39, 0.29) is 17.0 Å². The largest absolute Gasteiger partial charge is 0.301 e. The Morgan fingerprint density at radius 1 is 1.03 bits per heavy atom. The lowest BCUT2D eigenvalue weighted by Crippen LogP contribution is -2.31. The second-order valence-corrected chi connectivity index (χ2v) is 10.4. The molecular weight excluding hydrogens is 466 g/mol. The van der Waals surface area contributed by atoms with Gasteiger partial charge in [-0.3, -0.25) is 14.1 Å². The maximum absolute atomic E-state index is 13.7. The number of carbonyl (C=O) groups excluding carboxylic acids is 1. The molecule has 0 saturated heterocycles. The first-order valence-corrected chi connectivity index (χ1v) is 12.6. The van der Waals surface area contributed by atoms with Gasteiger partial charge < -0.3 is 5.32 Å². The number of aliphatic imine (C=N–C) groups is 1. The van der Waals surface area contributed by atoms with Gasteiger partial charge in [0.2, 0.25) is 0 Å². The molecule has 1 aliphatic heterocycles. The Morgan fingerprint density at radius 3 is 2.47 bits per heavy atom. The lowest BCUT2D eigenvalue weighted by Gasteiger charge is -2.25. The summed E-state index contributed by atoms with van der Waals surface area (Å²) in [5, 5.41) is 3.79. The van der Waals surface area contributed by atoms with Gasteiger partial charge >= 0.3 is 0 Å². The number of thioether (sulfide) groups is 1. The van der Waals surface area contributed by atoms with E-state index in [1.807, 2.05) is 30.3 Å². The highest BCUT2D eigenvalue weighted by Gasteiger charge is 2.26. The van der Waals surface area contributed by atoms with E-state index in [0.29, 0.717) is 22.4 Å². The lowest BCUT2D eigenvalue weighted by molar-refractivity contribution is 0.0977. The van der Waals surface area contributed by atoms with Crippen molar-refractivity contribution in [2.45, 2.75) is 11.4 Å². The average Bonchev–Trinajstić information content (AvgIpc) is 3.32. The number of halogens is 1. The van der Waals surface area contributed by atoms with Crippen LogP contribution in [0.25, 0.3) is 0 Å². The first-order valence-electron chi connectivity index (χ1n) is 9.84. The van der Waals surface area contributed by atoms with Crippen LogP contribution in [0.15, 0.2) is 88.8 Å². The van der Waals surface area contributed by atoms with Crippen molar-refractivity contribution in [3.63, 3.8) is 0 Å². The Kier molecular flexibility index (Phi) is 6.83. The molecule has 1 heterocycles. The molecule has 6 nitrogen and oxygen atoms in total. The molecule has 3 aromatic carbocycles. The number of amidine groups is 1. The van der Waals surface area contributed by atoms with Gasteiger partial charge in [-0.15, -0.1) is 0 Å². The van der Waals surface area contributed by atoms with Crippen LogP contribution in [0.5, 0.6) is 0 Å². The Labute approximate surface area is 196 Å². The fourth-order valence-corrected chi connectivity index (χ4v) is 5.53. The minimum Gasteiger partial charge on any atom is -0.301 e. The molecule has 0 radical (unpaired) electrons. The van der Waals surface area contributed by atoms with E-state index in [1.54, 1.807) is 36.4 Å². The topological polar surface area (TPSA) is 78.8 Å². The third-order valence-corrected chi connectivity index (χ3v) is 7.69. The minimum absolute atomic E-state index is 0.0250. The predicted molar refractivity (Wildman–Crippen MR) is 130 cm³/mol. The van der Waals surface area contributed by atoms with Gasteiger partial charge in [0.15, 0.2) is 5.17 Å². The van der Waals surface area contributed by atoms with E-state index in [0.717, 1.165) is 11.3 Å². The highest BCUT2D eigenvalue weighted by Crippen LogP contribution is 2.28. The van der Waals surface area contributed by atoms with Crippen LogP contribution >= 0.6 is 23.4 Å². The van der Waals surface area contributed by atoms with Crippen molar-refractivity contribution in [2.75, 3.05) is 16.6 Å². The van der Waals surface area contributed by atoms with Gasteiger partial charge in [0, 0.05) is 16.3 Å². The van der Waals surface area contributed by atoms with Crippen LogP contribution in [-0.4, -0.2) is 31.8 Å². The quantitative estimate of drug-likeness (QED) is 0.554. The van der Waals surface area contributed by atoms with Crippen molar-refractivity contribution < 1.29 is 13.2 Å². The van der Waals surface area contributed by atoms with Gasteiger partial charge in [-0.1, -0.05) is 59.8 Å². The molecular formula is C23H20ClN3O3S2. The fourth-order valence-electron chi connectivity index (χ4n) is 3.18. The monoisotopic (exact) mass is 485 g/mol. The molecule has 0 saturated carbocycles. The number of rotatable bonds is 6. The first kappa shape index (κ1) is 22.4. The lowest BCUT2D eigenvalue weighted by atomic mass is 10.2. The van der Waals surface area contributed by atoms with Crippen LogP contribution in [0.1, 0.15) is 15.9 Å². The standard InChI is InChI=1S/C23H20ClN3O3S2/c24-19-9-11-20(12-10-19)27(16-17-5-2-1-3-6-17)32(29,30)21-8-4-7-18(15-21)22(28)26-23-25-13-14-31-23/h1-12,15H,13-14,16H2,(H,25,26,28). The summed E-state index contributed by atoms with van der Waals surface area (Å²) >= 11 is 7.47. The van der Waals surface area contributed by atoms with Crippen molar-refractivity contribution >= 4 is 50.1 Å². The van der Waals surface area contributed by atoms with Crippen LogP contribution < -0.4 is 9.62 Å². The van der Waals surface area contributed by atoms with Crippen LogP contribution in [0.3, 0.4) is 0 Å². The molecule has 3 aromatic rings. The van der Waals surface area contributed by atoms with E-state index in [4.69, 9.17) is 11.6 Å². The van der Waals surface area contributed by atoms with E-state index >= 15 is 0 Å². The molecule has 0 bridgehead atoms. The fraction of sp³-hybridized carbons (Fsp3) is 0.130. The predicted octanol–water partition coefficient (Wildman–Crippen LogP) is 4.57. The highest BCUT2D eigenvalue weighted by atomic mass is 35.5. The molecule has 0 aromatic heterocycles. The summed E-state index contributed by atoms with van der Waals surface area (Å²) in [5.74, 6) is 0.427. The summed E-state index contributed by atoms with van der Waals surface area (Å²) in [6.07, 6.45) is 0. The van der Waals surface area contributed by atoms with Crippen LogP contribution in [0.2, 0.25) is 5.02 Å². The molecule has 1 aliphatic rings. The number of amides is 1. The molecule has 0 spiro atoms. The number of carbonyl (C=O) groups is 1.